The highest BCUT2D eigenvalue weighted by Crippen LogP contribution is 2.22. The van der Waals surface area contributed by atoms with Crippen molar-refractivity contribution >= 4 is 5.91 Å². The number of carbonyl (C=O) groups excluding carboxylic acids is 1. The van der Waals surface area contributed by atoms with Crippen molar-refractivity contribution in [2.45, 2.75) is 83.8 Å². The van der Waals surface area contributed by atoms with E-state index in [4.69, 9.17) is 0 Å². The normalized spacial score (nSPS) is 19.2. The Kier molecular flexibility index (Phi) is 5.18. The van der Waals surface area contributed by atoms with Crippen molar-refractivity contribution in [1.82, 2.24) is 19.2 Å². The zero-order chi connectivity index (χ0) is 16.2. The van der Waals surface area contributed by atoms with Gasteiger partial charge in [0.05, 0.1) is 0 Å². The van der Waals surface area contributed by atoms with Crippen molar-refractivity contribution in [2.75, 3.05) is 6.54 Å². The molecule has 0 spiro atoms. The molecule has 1 aromatic heterocycles. The summed E-state index contributed by atoms with van der Waals surface area (Å²) >= 11 is 0. The number of amides is 1. The molecule has 0 saturated heterocycles. The molecule has 1 aliphatic carbocycles. The highest BCUT2D eigenvalue weighted by Gasteiger charge is 2.25. The van der Waals surface area contributed by atoms with Crippen LogP contribution in [0.15, 0.2) is 4.79 Å². The van der Waals surface area contributed by atoms with E-state index in [1.165, 1.54) is 23.9 Å². The number of aromatic nitrogens is 3. The van der Waals surface area contributed by atoms with Crippen LogP contribution in [0.5, 0.6) is 0 Å². The predicted molar refractivity (Wildman–Crippen MR) is 88.3 cm³/mol. The van der Waals surface area contributed by atoms with Gasteiger partial charge in [-0.2, -0.15) is 5.10 Å². The third kappa shape index (κ3) is 3.51. The van der Waals surface area contributed by atoms with Gasteiger partial charge in [-0.05, 0) is 32.6 Å². The van der Waals surface area contributed by atoms with Gasteiger partial charge in [0, 0.05) is 25.6 Å². The molecule has 128 valence electrons. The number of likely N-dealkylation sites (N-methyl/N-ethyl adjacent to an activating group) is 1. The summed E-state index contributed by atoms with van der Waals surface area (Å²) in [7, 11) is 0. The smallest absolute Gasteiger partial charge is 0.338 e. The van der Waals surface area contributed by atoms with Crippen LogP contribution in [0.4, 0.5) is 0 Å². The van der Waals surface area contributed by atoms with Crippen molar-refractivity contribution < 1.29 is 4.79 Å². The topological polar surface area (TPSA) is 60.1 Å². The lowest BCUT2D eigenvalue weighted by Crippen LogP contribution is -2.44. The van der Waals surface area contributed by atoms with Crippen molar-refractivity contribution in [2.24, 2.45) is 0 Å². The van der Waals surface area contributed by atoms with Gasteiger partial charge in [0.2, 0.25) is 5.91 Å². The van der Waals surface area contributed by atoms with Gasteiger partial charge < -0.3 is 4.90 Å². The molecule has 2 heterocycles. The number of fused-ring (bicyclic) bond motifs is 1. The van der Waals surface area contributed by atoms with Crippen LogP contribution >= 0.6 is 0 Å². The number of hydrogen-bond acceptors (Lipinski definition) is 3. The zero-order valence-electron chi connectivity index (χ0n) is 14.2. The first-order chi connectivity index (χ1) is 11.2. The van der Waals surface area contributed by atoms with E-state index in [0.29, 0.717) is 12.6 Å². The summed E-state index contributed by atoms with van der Waals surface area (Å²) in [5, 5.41) is 4.43. The molecule has 0 atom stereocenters. The van der Waals surface area contributed by atoms with E-state index in [1.54, 1.807) is 4.57 Å². The van der Waals surface area contributed by atoms with Crippen molar-refractivity contribution in [3.8, 4) is 0 Å². The van der Waals surface area contributed by atoms with Gasteiger partial charge in [0.25, 0.3) is 0 Å². The van der Waals surface area contributed by atoms with E-state index in [9.17, 15) is 9.59 Å². The molecule has 1 saturated carbocycles. The predicted octanol–water partition coefficient (Wildman–Crippen LogP) is 1.95. The second-order valence-electron chi connectivity index (χ2n) is 6.79. The lowest BCUT2D eigenvalue weighted by Gasteiger charge is -2.33. The number of rotatable bonds is 4. The molecule has 6 nitrogen and oxygen atoms in total. The molecule has 3 rings (SSSR count). The molecule has 6 heteroatoms. The average molecular weight is 320 g/mol. The van der Waals surface area contributed by atoms with Crippen LogP contribution in [0.2, 0.25) is 0 Å². The zero-order valence-corrected chi connectivity index (χ0v) is 14.2. The van der Waals surface area contributed by atoms with Gasteiger partial charge in [-0.1, -0.05) is 25.7 Å². The van der Waals surface area contributed by atoms with Crippen LogP contribution in [0, 0.1) is 0 Å². The summed E-state index contributed by atoms with van der Waals surface area (Å²) in [6.45, 7) is 3.56. The van der Waals surface area contributed by atoms with E-state index in [2.05, 4.69) is 5.10 Å². The Morgan fingerprint density at radius 3 is 2.65 bits per heavy atom. The minimum atomic E-state index is -0.116. The average Bonchev–Trinajstić information content (AvgIpc) is 2.74. The fourth-order valence-electron chi connectivity index (χ4n) is 3.98. The molecule has 1 fully saturated rings. The molecular weight excluding hydrogens is 292 g/mol. The summed E-state index contributed by atoms with van der Waals surface area (Å²) in [4.78, 5) is 27.1. The first-order valence-corrected chi connectivity index (χ1v) is 9.16. The Balaban J connectivity index is 1.73. The van der Waals surface area contributed by atoms with Crippen molar-refractivity contribution in [1.29, 1.82) is 0 Å². The van der Waals surface area contributed by atoms with Crippen LogP contribution in [0.3, 0.4) is 0 Å². The van der Waals surface area contributed by atoms with E-state index >= 15 is 0 Å². The standard InChI is InChI=1S/C17H28N4O2/c1-2-19(14-9-5-3-6-10-14)16(22)13-21-17(23)20-12-8-4-7-11-15(20)18-21/h14H,2-13H2,1H3. The number of nitrogens with zero attached hydrogens (tertiary/aromatic N) is 4. The Morgan fingerprint density at radius 2 is 1.91 bits per heavy atom. The summed E-state index contributed by atoms with van der Waals surface area (Å²) in [5.74, 6) is 0.885. The Bertz CT molecular complexity index is 598. The highest BCUT2D eigenvalue weighted by molar-refractivity contribution is 5.76. The lowest BCUT2D eigenvalue weighted by molar-refractivity contribution is -0.134. The first-order valence-electron chi connectivity index (χ1n) is 9.16. The molecule has 23 heavy (non-hydrogen) atoms. The van der Waals surface area contributed by atoms with Crippen molar-refractivity contribution in [3.05, 3.63) is 16.3 Å². The SMILES string of the molecule is CCN(C(=O)Cn1nc2n(c1=O)CCCCC2)C1CCCCC1. The molecule has 1 aromatic rings. The van der Waals surface area contributed by atoms with Crippen LogP contribution < -0.4 is 5.69 Å². The fourth-order valence-corrected chi connectivity index (χ4v) is 3.98. The van der Waals surface area contributed by atoms with Gasteiger partial charge in [0.1, 0.15) is 12.4 Å². The summed E-state index contributed by atoms with van der Waals surface area (Å²) in [5.41, 5.74) is -0.116. The van der Waals surface area contributed by atoms with E-state index in [-0.39, 0.29) is 18.1 Å². The second kappa shape index (κ2) is 7.32. The third-order valence-corrected chi connectivity index (χ3v) is 5.24. The van der Waals surface area contributed by atoms with E-state index in [1.807, 2.05) is 11.8 Å². The largest absolute Gasteiger partial charge is 0.346 e. The van der Waals surface area contributed by atoms with Crippen LogP contribution in [0.1, 0.15) is 64.1 Å². The lowest BCUT2D eigenvalue weighted by atomic mass is 9.94. The molecule has 1 amide bonds. The number of aryl methyl sites for hydroxylation is 1. The summed E-state index contributed by atoms with van der Waals surface area (Å²) in [6.07, 6.45) is 9.95. The van der Waals surface area contributed by atoms with Gasteiger partial charge in [0.15, 0.2) is 0 Å². The number of carbonyl (C=O) groups is 1. The minimum absolute atomic E-state index is 0.0368. The molecule has 0 bridgehead atoms. The maximum atomic E-state index is 12.7. The second-order valence-corrected chi connectivity index (χ2v) is 6.79. The van der Waals surface area contributed by atoms with Gasteiger partial charge in [-0.3, -0.25) is 9.36 Å². The van der Waals surface area contributed by atoms with Crippen molar-refractivity contribution in [3.63, 3.8) is 0 Å². The third-order valence-electron chi connectivity index (χ3n) is 5.24. The van der Waals surface area contributed by atoms with Gasteiger partial charge >= 0.3 is 5.69 Å². The van der Waals surface area contributed by atoms with Crippen LogP contribution in [-0.4, -0.2) is 37.7 Å². The van der Waals surface area contributed by atoms with Gasteiger partial charge in [-0.15, -0.1) is 0 Å². The minimum Gasteiger partial charge on any atom is -0.338 e. The summed E-state index contributed by atoms with van der Waals surface area (Å²) < 4.78 is 3.14. The Hall–Kier alpha value is -1.59. The Labute approximate surface area is 137 Å². The quantitative estimate of drug-likeness (QED) is 0.852. The maximum absolute atomic E-state index is 12.7. The summed E-state index contributed by atoms with van der Waals surface area (Å²) in [6, 6.07) is 0.345. The highest BCUT2D eigenvalue weighted by atomic mass is 16.2. The molecule has 0 unspecified atom stereocenters. The molecular formula is C17H28N4O2. The molecule has 0 N–H and O–H groups in total. The molecule has 1 aliphatic heterocycles. The molecule has 0 aromatic carbocycles. The van der Waals surface area contributed by atoms with Gasteiger partial charge in [-0.25, -0.2) is 9.48 Å². The van der Waals surface area contributed by atoms with Crippen LogP contribution in [-0.2, 0) is 24.3 Å². The molecule has 2 aliphatic rings. The fraction of sp³-hybridized carbons (Fsp3) is 0.824. The van der Waals surface area contributed by atoms with E-state index < -0.39 is 0 Å². The van der Waals surface area contributed by atoms with E-state index in [0.717, 1.165) is 50.9 Å². The maximum Gasteiger partial charge on any atom is 0.346 e. The molecule has 0 radical (unpaired) electrons. The van der Waals surface area contributed by atoms with Crippen LogP contribution in [0.25, 0.3) is 0 Å². The first kappa shape index (κ1) is 16.3. The monoisotopic (exact) mass is 320 g/mol. The Morgan fingerprint density at radius 1 is 1.17 bits per heavy atom. The number of hydrogen-bond donors (Lipinski definition) is 0.